The lowest BCUT2D eigenvalue weighted by atomic mass is 9.69. The van der Waals surface area contributed by atoms with Crippen molar-refractivity contribution in [3.63, 3.8) is 0 Å². The first-order valence-electron chi connectivity index (χ1n) is 8.16. The highest BCUT2D eigenvalue weighted by Crippen LogP contribution is 2.57. The van der Waals surface area contributed by atoms with Crippen LogP contribution in [0.4, 0.5) is 0 Å². The Hall–Kier alpha value is -0.240. The first-order valence-corrected chi connectivity index (χ1v) is 8.91. The monoisotopic (exact) mass is 325 g/mol. The molecule has 0 amide bonds. The lowest BCUT2D eigenvalue weighted by Crippen LogP contribution is -2.42. The highest BCUT2D eigenvalue weighted by atomic mass is 35.5. The van der Waals surface area contributed by atoms with E-state index in [0.717, 1.165) is 34.8 Å². The number of nitrogens with one attached hydrogen (secondary N) is 1. The SMILES string of the molecule is CC(C)NCC1(Cc2cc(Cl)ccc2Cl)CC2CCC1C2. The van der Waals surface area contributed by atoms with E-state index in [1.54, 1.807) is 0 Å². The average Bonchev–Trinajstić information content (AvgIpc) is 3.02. The van der Waals surface area contributed by atoms with Gasteiger partial charge in [0.15, 0.2) is 0 Å². The molecule has 1 aromatic carbocycles. The van der Waals surface area contributed by atoms with E-state index in [1.807, 2.05) is 12.1 Å². The molecule has 0 aliphatic heterocycles. The Morgan fingerprint density at radius 2 is 2.10 bits per heavy atom. The van der Waals surface area contributed by atoms with E-state index in [1.165, 1.54) is 31.2 Å². The summed E-state index contributed by atoms with van der Waals surface area (Å²) in [6.45, 7) is 5.56. The first kappa shape index (κ1) is 15.6. The van der Waals surface area contributed by atoms with Crippen LogP contribution in [0.25, 0.3) is 0 Å². The zero-order valence-corrected chi connectivity index (χ0v) is 14.5. The molecule has 116 valence electrons. The van der Waals surface area contributed by atoms with Crippen LogP contribution >= 0.6 is 23.2 Å². The van der Waals surface area contributed by atoms with Crippen molar-refractivity contribution in [3.05, 3.63) is 33.8 Å². The maximum atomic E-state index is 6.42. The van der Waals surface area contributed by atoms with Crippen molar-refractivity contribution < 1.29 is 0 Å². The van der Waals surface area contributed by atoms with E-state index in [4.69, 9.17) is 23.2 Å². The van der Waals surface area contributed by atoms with E-state index in [-0.39, 0.29) is 0 Å². The van der Waals surface area contributed by atoms with Gasteiger partial charge < -0.3 is 5.32 Å². The highest BCUT2D eigenvalue weighted by Gasteiger charge is 2.50. The highest BCUT2D eigenvalue weighted by molar-refractivity contribution is 6.33. The second kappa shape index (κ2) is 6.10. The van der Waals surface area contributed by atoms with Gasteiger partial charge in [0.25, 0.3) is 0 Å². The number of hydrogen-bond acceptors (Lipinski definition) is 1. The Balaban J connectivity index is 1.84. The minimum Gasteiger partial charge on any atom is -0.314 e. The van der Waals surface area contributed by atoms with Gasteiger partial charge in [-0.2, -0.15) is 0 Å². The number of rotatable bonds is 5. The van der Waals surface area contributed by atoms with Crippen molar-refractivity contribution in [1.29, 1.82) is 0 Å². The zero-order chi connectivity index (χ0) is 15.0. The largest absolute Gasteiger partial charge is 0.314 e. The van der Waals surface area contributed by atoms with Gasteiger partial charge in [-0.1, -0.05) is 43.5 Å². The Kier molecular flexibility index (Phi) is 4.55. The lowest BCUT2D eigenvalue weighted by molar-refractivity contribution is 0.152. The van der Waals surface area contributed by atoms with Crippen molar-refractivity contribution in [1.82, 2.24) is 5.32 Å². The third kappa shape index (κ3) is 3.25. The fourth-order valence-corrected chi connectivity index (χ4v) is 4.90. The van der Waals surface area contributed by atoms with Crippen LogP contribution in [0.5, 0.6) is 0 Å². The fourth-order valence-electron chi connectivity index (χ4n) is 4.52. The van der Waals surface area contributed by atoms with E-state index in [0.29, 0.717) is 11.5 Å². The molecule has 3 atom stereocenters. The van der Waals surface area contributed by atoms with E-state index in [9.17, 15) is 0 Å². The molecule has 3 heteroatoms. The van der Waals surface area contributed by atoms with Gasteiger partial charge in [0.1, 0.15) is 0 Å². The Morgan fingerprint density at radius 1 is 1.29 bits per heavy atom. The normalized spacial score (nSPS) is 31.3. The van der Waals surface area contributed by atoms with Crippen LogP contribution in [0.2, 0.25) is 10.0 Å². The van der Waals surface area contributed by atoms with Gasteiger partial charge in [-0.3, -0.25) is 0 Å². The molecule has 1 N–H and O–H groups in total. The lowest BCUT2D eigenvalue weighted by Gasteiger charge is -2.39. The molecule has 2 saturated carbocycles. The Labute approximate surface area is 138 Å². The summed E-state index contributed by atoms with van der Waals surface area (Å²) >= 11 is 12.6. The molecule has 0 radical (unpaired) electrons. The van der Waals surface area contributed by atoms with Crippen LogP contribution in [-0.4, -0.2) is 12.6 Å². The molecule has 3 rings (SSSR count). The van der Waals surface area contributed by atoms with Crippen LogP contribution in [0.1, 0.15) is 45.1 Å². The zero-order valence-electron chi connectivity index (χ0n) is 13.0. The maximum absolute atomic E-state index is 6.42. The molecule has 1 aromatic rings. The third-order valence-electron chi connectivity index (χ3n) is 5.52. The van der Waals surface area contributed by atoms with Crippen LogP contribution in [0, 0.1) is 17.3 Å². The summed E-state index contributed by atoms with van der Waals surface area (Å²) < 4.78 is 0. The minimum atomic E-state index is 0.376. The molecule has 0 heterocycles. The number of fused-ring (bicyclic) bond motifs is 2. The van der Waals surface area contributed by atoms with Crippen molar-refractivity contribution in [2.24, 2.45) is 17.3 Å². The van der Waals surface area contributed by atoms with E-state index >= 15 is 0 Å². The fraction of sp³-hybridized carbons (Fsp3) is 0.667. The number of benzene rings is 1. The summed E-state index contributed by atoms with van der Waals surface area (Å²) in [4.78, 5) is 0. The summed E-state index contributed by atoms with van der Waals surface area (Å²) in [6.07, 6.45) is 6.64. The molecule has 1 nitrogen and oxygen atoms in total. The molecule has 2 bridgehead atoms. The quantitative estimate of drug-likeness (QED) is 0.770. The molecular weight excluding hydrogens is 301 g/mol. The van der Waals surface area contributed by atoms with Gasteiger partial charge in [-0.15, -0.1) is 0 Å². The molecule has 0 aromatic heterocycles. The third-order valence-corrected chi connectivity index (χ3v) is 6.12. The van der Waals surface area contributed by atoms with Crippen molar-refractivity contribution in [2.45, 2.75) is 52.0 Å². The molecule has 0 spiro atoms. The topological polar surface area (TPSA) is 12.0 Å². The van der Waals surface area contributed by atoms with Gasteiger partial charge in [0.05, 0.1) is 0 Å². The number of halogens is 2. The molecule has 21 heavy (non-hydrogen) atoms. The van der Waals surface area contributed by atoms with Gasteiger partial charge in [0, 0.05) is 22.6 Å². The molecule has 2 aliphatic carbocycles. The molecule has 3 unspecified atom stereocenters. The Morgan fingerprint density at radius 3 is 2.71 bits per heavy atom. The summed E-state index contributed by atoms with van der Waals surface area (Å²) in [6, 6.07) is 6.42. The molecular formula is C18H25Cl2N. The van der Waals surface area contributed by atoms with Crippen LogP contribution < -0.4 is 5.32 Å². The summed E-state index contributed by atoms with van der Waals surface area (Å²) in [5.74, 6) is 1.78. The maximum Gasteiger partial charge on any atom is 0.0439 e. The molecule has 0 saturated heterocycles. The minimum absolute atomic E-state index is 0.376. The standard InChI is InChI=1S/C18H25Cl2N/c1-12(2)21-11-18(9-13-3-4-15(18)7-13)10-14-8-16(19)5-6-17(14)20/h5-6,8,12-13,15,21H,3-4,7,9-11H2,1-2H3. The smallest absolute Gasteiger partial charge is 0.0439 e. The van der Waals surface area contributed by atoms with Crippen molar-refractivity contribution >= 4 is 23.2 Å². The van der Waals surface area contributed by atoms with Crippen molar-refractivity contribution in [2.75, 3.05) is 6.54 Å². The van der Waals surface area contributed by atoms with Gasteiger partial charge in [0.2, 0.25) is 0 Å². The summed E-state index contributed by atoms with van der Waals surface area (Å²) in [5, 5.41) is 5.35. The predicted octanol–water partition coefficient (Wildman–Crippen LogP) is 5.34. The van der Waals surface area contributed by atoms with E-state index in [2.05, 4.69) is 25.2 Å². The predicted molar refractivity (Wildman–Crippen MR) is 91.2 cm³/mol. The second-order valence-corrected chi connectivity index (χ2v) is 8.23. The van der Waals surface area contributed by atoms with Gasteiger partial charge in [-0.25, -0.2) is 0 Å². The average molecular weight is 326 g/mol. The first-order chi connectivity index (χ1) is 9.98. The molecule has 2 fully saturated rings. The van der Waals surface area contributed by atoms with Crippen molar-refractivity contribution in [3.8, 4) is 0 Å². The van der Waals surface area contributed by atoms with Crippen LogP contribution in [0.3, 0.4) is 0 Å². The van der Waals surface area contributed by atoms with Gasteiger partial charge in [-0.05, 0) is 66.7 Å². The summed E-state index contributed by atoms with van der Waals surface area (Å²) in [5.41, 5.74) is 1.60. The van der Waals surface area contributed by atoms with E-state index < -0.39 is 0 Å². The summed E-state index contributed by atoms with van der Waals surface area (Å²) in [7, 11) is 0. The van der Waals surface area contributed by atoms with Gasteiger partial charge >= 0.3 is 0 Å². The van der Waals surface area contributed by atoms with Crippen LogP contribution in [0.15, 0.2) is 18.2 Å². The second-order valence-electron chi connectivity index (χ2n) is 7.39. The number of hydrogen-bond donors (Lipinski definition) is 1. The molecule has 2 aliphatic rings. The van der Waals surface area contributed by atoms with Crippen LogP contribution in [-0.2, 0) is 6.42 Å². The Bertz CT molecular complexity index is 514.